The molecule has 0 spiro atoms. The van der Waals surface area contributed by atoms with Crippen molar-refractivity contribution in [1.29, 1.82) is 0 Å². The molecule has 3 N–H and O–H groups in total. The topological polar surface area (TPSA) is 108 Å². The molecule has 1 atom stereocenters. The van der Waals surface area contributed by atoms with E-state index in [4.69, 9.17) is 4.74 Å². The summed E-state index contributed by atoms with van der Waals surface area (Å²) in [5, 5.41) is 15.6. The van der Waals surface area contributed by atoms with Gasteiger partial charge in [0.25, 0.3) is 0 Å². The van der Waals surface area contributed by atoms with Gasteiger partial charge < -0.3 is 25.4 Å². The Morgan fingerprint density at radius 1 is 1.03 bits per heavy atom. The summed E-state index contributed by atoms with van der Waals surface area (Å²) in [5.41, 5.74) is 5.26. The number of anilines is 2. The fourth-order valence-corrected chi connectivity index (χ4v) is 4.71. The number of aliphatic hydroxyl groups excluding tert-OH is 1. The third-order valence-electron chi connectivity index (χ3n) is 6.29. The Hall–Kier alpha value is -3.39. The minimum Gasteiger partial charge on any atom is -0.493 e. The summed E-state index contributed by atoms with van der Waals surface area (Å²) in [6.07, 6.45) is 2.67. The van der Waals surface area contributed by atoms with Crippen LogP contribution in [0.1, 0.15) is 41.2 Å². The number of nitrogens with zero attached hydrogens (tertiary/aromatic N) is 1. The average molecular weight is 435 g/mol. The van der Waals surface area contributed by atoms with E-state index in [1.165, 1.54) is 0 Å². The summed E-state index contributed by atoms with van der Waals surface area (Å²) in [6.45, 7) is 1.29. The maximum atomic E-state index is 12.4. The van der Waals surface area contributed by atoms with Crippen LogP contribution in [0.25, 0.3) is 0 Å². The standard InChI is InChI=1S/C24H25N3O5/c28-19(14-3-5-20-15(10-14)7-9-32-20)13-25-23(30)24(31)26-18-11-16-2-1-8-27-21(29)6-4-17(12-18)22(16)27/h3,5,10-12,19,28H,1-2,4,6-9,13H2,(H,25,30)(H,26,31). The third-order valence-corrected chi connectivity index (χ3v) is 6.29. The second kappa shape index (κ2) is 8.27. The third kappa shape index (κ3) is 3.82. The van der Waals surface area contributed by atoms with Crippen LogP contribution >= 0.6 is 0 Å². The SMILES string of the molecule is O=C(NCC(O)c1ccc2c(c1)CCO2)C(=O)Nc1cc2c3c(c1)CCC(=O)N3CCC2. The van der Waals surface area contributed by atoms with Gasteiger partial charge in [0.1, 0.15) is 5.75 Å². The van der Waals surface area contributed by atoms with E-state index >= 15 is 0 Å². The first-order valence-electron chi connectivity index (χ1n) is 11.0. The zero-order valence-corrected chi connectivity index (χ0v) is 17.6. The molecule has 0 radical (unpaired) electrons. The molecule has 0 saturated heterocycles. The number of aliphatic hydroxyl groups is 1. The van der Waals surface area contributed by atoms with E-state index in [2.05, 4.69) is 10.6 Å². The summed E-state index contributed by atoms with van der Waals surface area (Å²) in [4.78, 5) is 38.8. The van der Waals surface area contributed by atoms with Gasteiger partial charge in [-0.2, -0.15) is 0 Å². The molecule has 32 heavy (non-hydrogen) atoms. The van der Waals surface area contributed by atoms with Crippen LogP contribution in [0, 0.1) is 0 Å². The highest BCUT2D eigenvalue weighted by atomic mass is 16.5. The fraction of sp³-hybridized carbons (Fsp3) is 0.375. The Morgan fingerprint density at radius 2 is 1.84 bits per heavy atom. The lowest BCUT2D eigenvalue weighted by Gasteiger charge is -2.35. The molecule has 8 nitrogen and oxygen atoms in total. The summed E-state index contributed by atoms with van der Waals surface area (Å²) in [6, 6.07) is 9.12. The molecule has 3 aliphatic heterocycles. The first kappa shape index (κ1) is 20.5. The Bertz CT molecular complexity index is 1100. The van der Waals surface area contributed by atoms with Crippen molar-refractivity contribution in [3.63, 3.8) is 0 Å². The molecule has 2 aromatic rings. The van der Waals surface area contributed by atoms with Gasteiger partial charge in [-0.05, 0) is 65.8 Å². The molecule has 5 rings (SSSR count). The smallest absolute Gasteiger partial charge is 0.313 e. The van der Waals surface area contributed by atoms with E-state index in [9.17, 15) is 19.5 Å². The number of nitrogens with one attached hydrogen (secondary N) is 2. The number of aryl methyl sites for hydroxylation is 2. The van der Waals surface area contributed by atoms with Gasteiger partial charge in [0.15, 0.2) is 0 Å². The van der Waals surface area contributed by atoms with Crippen LogP contribution < -0.4 is 20.3 Å². The van der Waals surface area contributed by atoms with E-state index < -0.39 is 17.9 Å². The minimum absolute atomic E-state index is 0.0710. The van der Waals surface area contributed by atoms with E-state index in [0.717, 1.165) is 53.9 Å². The van der Waals surface area contributed by atoms with E-state index in [-0.39, 0.29) is 12.5 Å². The fourth-order valence-electron chi connectivity index (χ4n) is 4.71. The number of benzene rings is 2. The summed E-state index contributed by atoms with van der Waals surface area (Å²) in [7, 11) is 0. The van der Waals surface area contributed by atoms with Crippen molar-refractivity contribution >= 4 is 29.1 Å². The number of carbonyl (C=O) groups is 3. The minimum atomic E-state index is -0.922. The maximum Gasteiger partial charge on any atom is 0.313 e. The molecular formula is C24H25N3O5. The van der Waals surface area contributed by atoms with Crippen LogP contribution in [0.5, 0.6) is 5.75 Å². The first-order chi connectivity index (χ1) is 15.5. The Balaban J connectivity index is 1.22. The largest absolute Gasteiger partial charge is 0.493 e. The van der Waals surface area contributed by atoms with Crippen molar-refractivity contribution in [3.05, 3.63) is 52.6 Å². The van der Waals surface area contributed by atoms with Gasteiger partial charge in [0, 0.05) is 31.6 Å². The van der Waals surface area contributed by atoms with E-state index in [0.29, 0.717) is 30.7 Å². The monoisotopic (exact) mass is 435 g/mol. The van der Waals surface area contributed by atoms with Crippen LogP contribution in [-0.2, 0) is 33.6 Å². The first-order valence-corrected chi connectivity index (χ1v) is 11.0. The van der Waals surface area contributed by atoms with Crippen LogP contribution in [0.3, 0.4) is 0 Å². The number of fused-ring (bicyclic) bond motifs is 1. The Morgan fingerprint density at radius 3 is 2.69 bits per heavy atom. The highest BCUT2D eigenvalue weighted by Crippen LogP contribution is 2.37. The maximum absolute atomic E-state index is 12.4. The van der Waals surface area contributed by atoms with Crippen LogP contribution in [-0.4, -0.2) is 42.5 Å². The lowest BCUT2D eigenvalue weighted by atomic mass is 9.91. The predicted molar refractivity (Wildman–Crippen MR) is 118 cm³/mol. The lowest BCUT2D eigenvalue weighted by Crippen LogP contribution is -2.39. The second-order valence-electron chi connectivity index (χ2n) is 8.44. The van der Waals surface area contributed by atoms with Crippen LogP contribution in [0.4, 0.5) is 11.4 Å². The molecule has 0 saturated carbocycles. The number of hydrogen-bond donors (Lipinski definition) is 3. The molecule has 1 unspecified atom stereocenters. The average Bonchev–Trinajstić information content (AvgIpc) is 3.27. The second-order valence-corrected chi connectivity index (χ2v) is 8.44. The van der Waals surface area contributed by atoms with Gasteiger partial charge in [-0.1, -0.05) is 6.07 Å². The Kier molecular flexibility index (Phi) is 5.30. The van der Waals surface area contributed by atoms with Crippen molar-refractivity contribution in [2.24, 2.45) is 0 Å². The number of amides is 3. The highest BCUT2D eigenvalue weighted by molar-refractivity contribution is 6.39. The molecule has 3 heterocycles. The predicted octanol–water partition coefficient (Wildman–Crippen LogP) is 1.64. The normalized spacial score (nSPS) is 17.2. The molecule has 0 aliphatic carbocycles. The van der Waals surface area contributed by atoms with E-state index in [1.807, 2.05) is 29.2 Å². The van der Waals surface area contributed by atoms with Crippen molar-refractivity contribution in [2.45, 2.75) is 38.2 Å². The molecule has 8 heteroatoms. The lowest BCUT2D eigenvalue weighted by molar-refractivity contribution is -0.136. The van der Waals surface area contributed by atoms with Gasteiger partial charge in [0.2, 0.25) is 5.91 Å². The number of ether oxygens (including phenoxy) is 1. The number of carbonyl (C=O) groups excluding carboxylic acids is 3. The number of rotatable bonds is 4. The van der Waals surface area contributed by atoms with Crippen molar-refractivity contribution in [2.75, 3.05) is 29.9 Å². The molecule has 166 valence electrons. The van der Waals surface area contributed by atoms with Gasteiger partial charge in [0.05, 0.1) is 18.4 Å². The van der Waals surface area contributed by atoms with Crippen molar-refractivity contribution < 1.29 is 24.2 Å². The highest BCUT2D eigenvalue weighted by Gasteiger charge is 2.30. The molecule has 0 bridgehead atoms. The molecule has 3 aliphatic rings. The van der Waals surface area contributed by atoms with Gasteiger partial charge >= 0.3 is 11.8 Å². The van der Waals surface area contributed by atoms with E-state index in [1.54, 1.807) is 6.07 Å². The van der Waals surface area contributed by atoms with Gasteiger partial charge in [-0.25, -0.2) is 0 Å². The van der Waals surface area contributed by atoms with Gasteiger partial charge in [-0.3, -0.25) is 14.4 Å². The number of hydrogen-bond acceptors (Lipinski definition) is 5. The molecular weight excluding hydrogens is 410 g/mol. The molecule has 0 aromatic heterocycles. The summed E-state index contributed by atoms with van der Waals surface area (Å²) >= 11 is 0. The van der Waals surface area contributed by atoms with Crippen molar-refractivity contribution in [3.8, 4) is 5.75 Å². The molecule has 2 aromatic carbocycles. The zero-order chi connectivity index (χ0) is 22.2. The molecule has 0 fully saturated rings. The van der Waals surface area contributed by atoms with Crippen molar-refractivity contribution in [1.82, 2.24) is 5.32 Å². The van der Waals surface area contributed by atoms with Gasteiger partial charge in [-0.15, -0.1) is 0 Å². The Labute approximate surface area is 185 Å². The summed E-state index contributed by atoms with van der Waals surface area (Å²) < 4.78 is 5.46. The summed E-state index contributed by atoms with van der Waals surface area (Å²) in [5.74, 6) is -0.632. The zero-order valence-electron chi connectivity index (χ0n) is 17.6. The quantitative estimate of drug-likeness (QED) is 0.633. The molecule has 3 amide bonds. The van der Waals surface area contributed by atoms with Crippen LogP contribution in [0.15, 0.2) is 30.3 Å². The van der Waals surface area contributed by atoms with Crippen LogP contribution in [0.2, 0.25) is 0 Å².